The lowest BCUT2D eigenvalue weighted by molar-refractivity contribution is -0.117. The summed E-state index contributed by atoms with van der Waals surface area (Å²) in [4.78, 5) is 27.4. The number of nitrogens with zero attached hydrogens (tertiary/aromatic N) is 2. The van der Waals surface area contributed by atoms with Crippen LogP contribution in [0.3, 0.4) is 0 Å². The molecule has 0 aromatic heterocycles. The fourth-order valence-electron chi connectivity index (χ4n) is 2.43. The molecule has 2 amide bonds. The van der Waals surface area contributed by atoms with E-state index in [0.717, 1.165) is 12.1 Å². The van der Waals surface area contributed by atoms with Crippen molar-refractivity contribution in [3.05, 3.63) is 29.8 Å². The predicted octanol–water partition coefficient (Wildman–Crippen LogP) is 1.66. The Balaban J connectivity index is 2.09. The molecule has 1 saturated heterocycles. The standard InChI is InChI=1S/C16H22N2O3/c1-12(19)8-10-17(2)16(21)13-5-3-6-14(11-13)18-9-4-7-15(18)20/h3,5-6,11-12,19H,4,7-10H2,1-2H3. The molecule has 1 fully saturated rings. The maximum absolute atomic E-state index is 12.3. The van der Waals surface area contributed by atoms with Crippen molar-refractivity contribution in [2.45, 2.75) is 32.3 Å². The van der Waals surface area contributed by atoms with Gasteiger partial charge in [0.25, 0.3) is 5.91 Å². The quantitative estimate of drug-likeness (QED) is 0.897. The lowest BCUT2D eigenvalue weighted by Gasteiger charge is -2.20. The van der Waals surface area contributed by atoms with Crippen LogP contribution in [-0.4, -0.2) is 48.1 Å². The Kier molecular flexibility index (Phi) is 4.96. The number of carbonyl (C=O) groups is 2. The Labute approximate surface area is 125 Å². The molecule has 0 bridgehead atoms. The summed E-state index contributed by atoms with van der Waals surface area (Å²) in [7, 11) is 1.72. The minimum Gasteiger partial charge on any atom is -0.393 e. The molecular weight excluding hydrogens is 268 g/mol. The molecule has 114 valence electrons. The minimum absolute atomic E-state index is 0.0934. The SMILES string of the molecule is CC(O)CCN(C)C(=O)c1cccc(N2CCCC2=O)c1. The summed E-state index contributed by atoms with van der Waals surface area (Å²) in [6.07, 6.45) is 1.57. The first-order chi connectivity index (χ1) is 9.99. The first-order valence-electron chi connectivity index (χ1n) is 7.33. The van der Waals surface area contributed by atoms with E-state index in [-0.39, 0.29) is 11.8 Å². The van der Waals surface area contributed by atoms with Crippen LogP contribution < -0.4 is 4.90 Å². The first kappa shape index (κ1) is 15.5. The van der Waals surface area contributed by atoms with Crippen LogP contribution in [0.4, 0.5) is 5.69 Å². The van der Waals surface area contributed by atoms with Crippen LogP contribution in [-0.2, 0) is 4.79 Å². The lowest BCUT2D eigenvalue weighted by Crippen LogP contribution is -2.30. The van der Waals surface area contributed by atoms with Gasteiger partial charge in [-0.1, -0.05) is 6.07 Å². The second-order valence-electron chi connectivity index (χ2n) is 5.56. The summed E-state index contributed by atoms with van der Waals surface area (Å²) in [5.41, 5.74) is 1.35. The van der Waals surface area contributed by atoms with Gasteiger partial charge in [-0.05, 0) is 38.0 Å². The zero-order chi connectivity index (χ0) is 15.4. The highest BCUT2D eigenvalue weighted by Crippen LogP contribution is 2.22. The number of aliphatic hydroxyl groups is 1. The Morgan fingerprint density at radius 1 is 1.48 bits per heavy atom. The zero-order valence-corrected chi connectivity index (χ0v) is 12.6. The molecule has 0 aliphatic carbocycles. The Morgan fingerprint density at radius 3 is 2.86 bits per heavy atom. The molecule has 1 aliphatic rings. The van der Waals surface area contributed by atoms with Gasteiger partial charge in [-0.15, -0.1) is 0 Å². The van der Waals surface area contributed by atoms with Gasteiger partial charge >= 0.3 is 0 Å². The van der Waals surface area contributed by atoms with Crippen molar-refractivity contribution in [1.29, 1.82) is 0 Å². The number of hydrogen-bond acceptors (Lipinski definition) is 3. The van der Waals surface area contributed by atoms with Gasteiger partial charge in [-0.3, -0.25) is 9.59 Å². The van der Waals surface area contributed by atoms with Gasteiger partial charge in [0.2, 0.25) is 5.91 Å². The monoisotopic (exact) mass is 290 g/mol. The summed E-state index contributed by atoms with van der Waals surface area (Å²) in [5, 5.41) is 9.29. The van der Waals surface area contributed by atoms with Crippen molar-refractivity contribution >= 4 is 17.5 Å². The van der Waals surface area contributed by atoms with Gasteiger partial charge in [0.15, 0.2) is 0 Å². The maximum atomic E-state index is 12.3. The maximum Gasteiger partial charge on any atom is 0.253 e. The number of amides is 2. The highest BCUT2D eigenvalue weighted by Gasteiger charge is 2.22. The zero-order valence-electron chi connectivity index (χ0n) is 12.6. The fraction of sp³-hybridized carbons (Fsp3) is 0.500. The summed E-state index contributed by atoms with van der Waals surface area (Å²) in [6, 6.07) is 7.18. The molecule has 1 atom stereocenters. The highest BCUT2D eigenvalue weighted by molar-refractivity contribution is 5.98. The van der Waals surface area contributed by atoms with E-state index in [1.807, 2.05) is 6.07 Å². The molecule has 2 rings (SSSR count). The van der Waals surface area contributed by atoms with E-state index < -0.39 is 6.10 Å². The Hall–Kier alpha value is -1.88. The number of rotatable bonds is 5. The number of carbonyl (C=O) groups excluding carboxylic acids is 2. The van der Waals surface area contributed by atoms with E-state index in [1.165, 1.54) is 0 Å². The smallest absolute Gasteiger partial charge is 0.253 e. The summed E-state index contributed by atoms with van der Waals surface area (Å²) >= 11 is 0. The third-order valence-electron chi connectivity index (χ3n) is 3.71. The van der Waals surface area contributed by atoms with E-state index in [4.69, 9.17) is 0 Å². The third-order valence-corrected chi connectivity index (χ3v) is 3.71. The normalized spacial score (nSPS) is 16.1. The van der Waals surface area contributed by atoms with Crippen LogP contribution in [0.15, 0.2) is 24.3 Å². The molecule has 1 aromatic rings. The molecular formula is C16H22N2O3. The second kappa shape index (κ2) is 6.72. The van der Waals surface area contributed by atoms with E-state index in [1.54, 1.807) is 42.0 Å². The molecule has 1 aliphatic heterocycles. The number of benzene rings is 1. The van der Waals surface area contributed by atoms with E-state index in [2.05, 4.69) is 0 Å². The predicted molar refractivity (Wildman–Crippen MR) is 81.3 cm³/mol. The number of anilines is 1. The van der Waals surface area contributed by atoms with Crippen LogP contribution in [0.1, 0.15) is 36.5 Å². The van der Waals surface area contributed by atoms with Crippen molar-refractivity contribution in [2.75, 3.05) is 25.0 Å². The van der Waals surface area contributed by atoms with Gasteiger partial charge in [0, 0.05) is 37.8 Å². The molecule has 5 heteroatoms. The minimum atomic E-state index is -0.422. The van der Waals surface area contributed by atoms with Crippen LogP contribution in [0.25, 0.3) is 0 Å². The van der Waals surface area contributed by atoms with Crippen molar-refractivity contribution in [1.82, 2.24) is 4.90 Å². The van der Waals surface area contributed by atoms with E-state index in [0.29, 0.717) is 31.5 Å². The molecule has 5 nitrogen and oxygen atoms in total. The molecule has 1 aromatic carbocycles. The average molecular weight is 290 g/mol. The average Bonchev–Trinajstić information content (AvgIpc) is 2.90. The van der Waals surface area contributed by atoms with Crippen molar-refractivity contribution < 1.29 is 14.7 Å². The van der Waals surface area contributed by atoms with Crippen LogP contribution >= 0.6 is 0 Å². The topological polar surface area (TPSA) is 60.9 Å². The van der Waals surface area contributed by atoms with Gasteiger partial charge in [-0.25, -0.2) is 0 Å². The van der Waals surface area contributed by atoms with Gasteiger partial charge in [0.05, 0.1) is 6.10 Å². The van der Waals surface area contributed by atoms with Gasteiger partial charge in [-0.2, -0.15) is 0 Å². The third kappa shape index (κ3) is 3.82. The van der Waals surface area contributed by atoms with Crippen LogP contribution in [0.5, 0.6) is 0 Å². The molecule has 0 spiro atoms. The van der Waals surface area contributed by atoms with Gasteiger partial charge in [0.1, 0.15) is 0 Å². The largest absolute Gasteiger partial charge is 0.393 e. The first-order valence-corrected chi connectivity index (χ1v) is 7.33. The molecule has 1 heterocycles. The van der Waals surface area contributed by atoms with Crippen molar-refractivity contribution in [3.8, 4) is 0 Å². The Bertz CT molecular complexity index is 528. The summed E-state index contributed by atoms with van der Waals surface area (Å²) in [5.74, 6) is 0.0196. The molecule has 21 heavy (non-hydrogen) atoms. The Morgan fingerprint density at radius 2 is 2.24 bits per heavy atom. The number of hydrogen-bond donors (Lipinski definition) is 1. The van der Waals surface area contributed by atoms with Crippen LogP contribution in [0, 0.1) is 0 Å². The molecule has 0 radical (unpaired) electrons. The lowest BCUT2D eigenvalue weighted by atomic mass is 10.1. The fourth-order valence-corrected chi connectivity index (χ4v) is 2.43. The summed E-state index contributed by atoms with van der Waals surface area (Å²) < 4.78 is 0. The van der Waals surface area contributed by atoms with Gasteiger partial charge < -0.3 is 14.9 Å². The molecule has 1 N–H and O–H groups in total. The van der Waals surface area contributed by atoms with E-state index in [9.17, 15) is 14.7 Å². The number of aliphatic hydroxyl groups excluding tert-OH is 1. The highest BCUT2D eigenvalue weighted by atomic mass is 16.3. The van der Waals surface area contributed by atoms with Crippen molar-refractivity contribution in [3.63, 3.8) is 0 Å². The molecule has 1 unspecified atom stereocenters. The molecule has 0 saturated carbocycles. The summed E-state index contributed by atoms with van der Waals surface area (Å²) in [6.45, 7) is 2.93. The van der Waals surface area contributed by atoms with Crippen LogP contribution in [0.2, 0.25) is 0 Å². The second-order valence-corrected chi connectivity index (χ2v) is 5.56. The van der Waals surface area contributed by atoms with E-state index >= 15 is 0 Å². The van der Waals surface area contributed by atoms with Crippen molar-refractivity contribution in [2.24, 2.45) is 0 Å².